The van der Waals surface area contributed by atoms with Gasteiger partial charge in [0.15, 0.2) is 5.96 Å². The van der Waals surface area contributed by atoms with Crippen LogP contribution in [0.1, 0.15) is 48.2 Å². The van der Waals surface area contributed by atoms with Crippen molar-refractivity contribution >= 4 is 17.6 Å². The van der Waals surface area contributed by atoms with Crippen molar-refractivity contribution in [2.75, 3.05) is 11.9 Å². The van der Waals surface area contributed by atoms with Gasteiger partial charge in [0.05, 0.1) is 6.54 Å². The van der Waals surface area contributed by atoms with Gasteiger partial charge < -0.3 is 16.4 Å². The molecule has 0 bridgehead atoms. The molecule has 0 fully saturated rings. The molecule has 2 rings (SSSR count). The van der Waals surface area contributed by atoms with Crippen LogP contribution >= 0.6 is 0 Å². The summed E-state index contributed by atoms with van der Waals surface area (Å²) in [6.45, 7) is 7.28. The van der Waals surface area contributed by atoms with Crippen LogP contribution in [0.5, 0.6) is 0 Å². The first kappa shape index (κ1) is 18.5. The number of rotatable bonds is 6. The van der Waals surface area contributed by atoms with E-state index in [9.17, 15) is 4.79 Å². The summed E-state index contributed by atoms with van der Waals surface area (Å²) in [5.74, 6) is 0.765. The Morgan fingerprint density at radius 2 is 1.88 bits per heavy atom. The minimum absolute atomic E-state index is 0.0660. The number of amides is 1. The third-order valence-electron chi connectivity index (χ3n) is 3.81. The maximum absolute atomic E-state index is 11.7. The lowest BCUT2D eigenvalue weighted by molar-refractivity contribution is 0.0956. The number of benzene rings is 2. The molecule has 25 heavy (non-hydrogen) atoms. The van der Waals surface area contributed by atoms with Crippen molar-refractivity contribution in [1.29, 1.82) is 0 Å². The third-order valence-corrected chi connectivity index (χ3v) is 3.81. The zero-order valence-electron chi connectivity index (χ0n) is 15.0. The maximum Gasteiger partial charge on any atom is 0.251 e. The Bertz CT molecular complexity index is 736. The first-order valence-corrected chi connectivity index (χ1v) is 8.53. The number of nitrogens with one attached hydrogen (secondary N) is 2. The number of guanidine groups is 1. The highest BCUT2D eigenvalue weighted by atomic mass is 16.1. The van der Waals surface area contributed by atoms with E-state index in [1.807, 2.05) is 31.2 Å². The first-order chi connectivity index (χ1) is 12.0. The zero-order chi connectivity index (χ0) is 18.2. The summed E-state index contributed by atoms with van der Waals surface area (Å²) in [5, 5.41) is 5.89. The quantitative estimate of drug-likeness (QED) is 0.557. The van der Waals surface area contributed by atoms with Crippen molar-refractivity contribution in [3.05, 3.63) is 65.2 Å². The van der Waals surface area contributed by atoms with Crippen LogP contribution < -0.4 is 16.4 Å². The molecule has 4 N–H and O–H groups in total. The molecule has 2 aromatic rings. The van der Waals surface area contributed by atoms with E-state index >= 15 is 0 Å². The smallest absolute Gasteiger partial charge is 0.251 e. The van der Waals surface area contributed by atoms with Crippen LogP contribution in [-0.4, -0.2) is 18.4 Å². The fraction of sp³-hybridized carbons (Fsp3) is 0.300. The molecule has 0 spiro atoms. The topological polar surface area (TPSA) is 79.5 Å². The second-order valence-corrected chi connectivity index (χ2v) is 6.16. The summed E-state index contributed by atoms with van der Waals surface area (Å²) in [7, 11) is 0. The van der Waals surface area contributed by atoms with Crippen molar-refractivity contribution in [3.63, 3.8) is 0 Å². The van der Waals surface area contributed by atoms with Gasteiger partial charge in [-0.2, -0.15) is 0 Å². The lowest BCUT2D eigenvalue weighted by Gasteiger charge is -2.10. The Morgan fingerprint density at radius 3 is 2.52 bits per heavy atom. The van der Waals surface area contributed by atoms with E-state index in [1.54, 1.807) is 12.1 Å². The first-order valence-electron chi connectivity index (χ1n) is 8.53. The predicted octanol–water partition coefficient (Wildman–Crippen LogP) is 3.49. The molecule has 0 aliphatic heterocycles. The van der Waals surface area contributed by atoms with Crippen molar-refractivity contribution in [3.8, 4) is 0 Å². The van der Waals surface area contributed by atoms with Gasteiger partial charge in [0.1, 0.15) is 0 Å². The van der Waals surface area contributed by atoms with Gasteiger partial charge in [-0.15, -0.1) is 0 Å². The molecule has 0 aliphatic carbocycles. The molecule has 0 heterocycles. The molecule has 0 atom stereocenters. The van der Waals surface area contributed by atoms with E-state index in [2.05, 4.69) is 41.6 Å². The summed E-state index contributed by atoms with van der Waals surface area (Å²) >= 11 is 0. The molecule has 0 aromatic heterocycles. The van der Waals surface area contributed by atoms with Gasteiger partial charge in [0.2, 0.25) is 0 Å². The minimum atomic E-state index is -0.0660. The molecule has 5 nitrogen and oxygen atoms in total. The molecule has 5 heteroatoms. The molecule has 0 saturated heterocycles. The van der Waals surface area contributed by atoms with E-state index in [-0.39, 0.29) is 5.91 Å². The van der Waals surface area contributed by atoms with Crippen LogP contribution in [0.25, 0.3) is 0 Å². The van der Waals surface area contributed by atoms with Crippen LogP contribution in [0.15, 0.2) is 53.5 Å². The van der Waals surface area contributed by atoms with E-state index in [1.165, 1.54) is 5.56 Å². The number of carbonyl (C=O) groups is 1. The Morgan fingerprint density at radius 1 is 1.16 bits per heavy atom. The molecule has 1 amide bonds. The summed E-state index contributed by atoms with van der Waals surface area (Å²) in [6.07, 6.45) is 0. The molecule has 0 unspecified atom stereocenters. The van der Waals surface area contributed by atoms with Gasteiger partial charge in [-0.3, -0.25) is 4.79 Å². The Kier molecular flexibility index (Phi) is 6.57. The van der Waals surface area contributed by atoms with Crippen molar-refractivity contribution in [1.82, 2.24) is 5.32 Å². The molecular weight excluding hydrogens is 312 g/mol. The van der Waals surface area contributed by atoms with Gasteiger partial charge in [0.25, 0.3) is 5.91 Å². The zero-order valence-corrected chi connectivity index (χ0v) is 15.0. The standard InChI is InChI=1S/C20H26N4O/c1-4-22-19(25)16-10-8-15(9-11-16)13-23-20(21)24-18-7-5-6-17(12-18)14(2)3/h5-12,14H,4,13H2,1-3H3,(H,22,25)(H3,21,23,24). The predicted molar refractivity (Wildman–Crippen MR) is 104 cm³/mol. The Labute approximate surface area is 149 Å². The summed E-state index contributed by atoms with van der Waals surface area (Å²) in [5.41, 5.74) is 9.79. The number of carbonyl (C=O) groups excluding carboxylic acids is 1. The highest BCUT2D eigenvalue weighted by molar-refractivity contribution is 5.94. The highest BCUT2D eigenvalue weighted by Crippen LogP contribution is 2.18. The molecule has 2 aromatic carbocycles. The van der Waals surface area contributed by atoms with Gasteiger partial charge >= 0.3 is 0 Å². The van der Waals surface area contributed by atoms with Crippen LogP contribution in [0.2, 0.25) is 0 Å². The van der Waals surface area contributed by atoms with Crippen LogP contribution in [-0.2, 0) is 6.54 Å². The fourth-order valence-electron chi connectivity index (χ4n) is 2.36. The fourth-order valence-corrected chi connectivity index (χ4v) is 2.36. The largest absolute Gasteiger partial charge is 0.370 e. The van der Waals surface area contributed by atoms with E-state index in [4.69, 9.17) is 5.73 Å². The van der Waals surface area contributed by atoms with Gasteiger partial charge in [0, 0.05) is 17.8 Å². The minimum Gasteiger partial charge on any atom is -0.370 e. The number of nitrogens with two attached hydrogens (primary N) is 1. The van der Waals surface area contributed by atoms with Crippen molar-refractivity contribution in [2.24, 2.45) is 10.7 Å². The molecule has 0 radical (unpaired) electrons. The number of nitrogens with zero attached hydrogens (tertiary/aromatic N) is 1. The molecular formula is C20H26N4O. The van der Waals surface area contributed by atoms with Gasteiger partial charge in [-0.05, 0) is 48.2 Å². The summed E-state index contributed by atoms with van der Waals surface area (Å²) in [4.78, 5) is 16.1. The van der Waals surface area contributed by atoms with Crippen molar-refractivity contribution < 1.29 is 4.79 Å². The number of hydrogen-bond acceptors (Lipinski definition) is 2. The summed E-state index contributed by atoms with van der Waals surface area (Å²) in [6, 6.07) is 15.5. The molecule has 0 aliphatic rings. The van der Waals surface area contributed by atoms with Crippen LogP contribution in [0.4, 0.5) is 5.69 Å². The number of anilines is 1. The number of hydrogen-bond donors (Lipinski definition) is 3. The lowest BCUT2D eigenvalue weighted by atomic mass is 10.0. The Hall–Kier alpha value is -2.82. The average molecular weight is 338 g/mol. The third kappa shape index (κ3) is 5.64. The van der Waals surface area contributed by atoms with Crippen molar-refractivity contribution in [2.45, 2.75) is 33.2 Å². The van der Waals surface area contributed by atoms with E-state index in [0.29, 0.717) is 30.5 Å². The lowest BCUT2D eigenvalue weighted by Crippen LogP contribution is -2.23. The molecule has 0 saturated carbocycles. The molecule has 132 valence electrons. The van der Waals surface area contributed by atoms with Crippen LogP contribution in [0.3, 0.4) is 0 Å². The average Bonchev–Trinajstić information content (AvgIpc) is 2.61. The van der Waals surface area contributed by atoms with Crippen LogP contribution in [0, 0.1) is 0 Å². The van der Waals surface area contributed by atoms with Gasteiger partial charge in [-0.1, -0.05) is 38.1 Å². The second kappa shape index (κ2) is 8.87. The normalized spacial score (nSPS) is 11.4. The highest BCUT2D eigenvalue weighted by Gasteiger charge is 2.04. The SMILES string of the molecule is CCNC(=O)c1ccc(CN=C(N)Nc2cccc(C(C)C)c2)cc1. The Balaban J connectivity index is 1.96. The van der Waals surface area contributed by atoms with Gasteiger partial charge in [-0.25, -0.2) is 4.99 Å². The second-order valence-electron chi connectivity index (χ2n) is 6.16. The summed E-state index contributed by atoms with van der Waals surface area (Å²) < 4.78 is 0. The van der Waals surface area contributed by atoms with E-state index in [0.717, 1.165) is 11.3 Å². The monoisotopic (exact) mass is 338 g/mol. The van der Waals surface area contributed by atoms with E-state index < -0.39 is 0 Å². The maximum atomic E-state index is 11.7. The number of aliphatic imine (C=N–C) groups is 1.